The van der Waals surface area contributed by atoms with Gasteiger partial charge in [-0.15, -0.1) is 0 Å². The first-order valence-corrected chi connectivity index (χ1v) is 32.7. The van der Waals surface area contributed by atoms with Crippen LogP contribution in [0.15, 0.2) is 286 Å². The lowest BCUT2D eigenvalue weighted by atomic mass is 10.1. The molecule has 1 N–H and O–H groups in total. The number of fused-ring (bicyclic) bond motifs is 3. The minimum Gasteiger partial charge on any atom is -0.488 e. The number of esters is 2. The molecular weight excluding hydrogens is 1410 g/mol. The summed E-state index contributed by atoms with van der Waals surface area (Å²) in [5.41, 5.74) is 8.74. The van der Waals surface area contributed by atoms with Gasteiger partial charge in [-0.1, -0.05) is 234 Å². The van der Waals surface area contributed by atoms with E-state index in [1.807, 2.05) is 255 Å². The SMILES string of the molecule is O=C(O)c1cc(OCc2ccccc2)c2cccc(Br)c2n1.O=C(OCc1ccccc1)c1cc(OCc2ccccc2)c2cc(Br)cc(OCc3ccccc3)c2n1.O=C(OCc1ccccc1)c1cc(OCc2ccccc2)c2ccc(Br)c(OCc3ccccc3)c2n1. The van der Waals surface area contributed by atoms with Gasteiger partial charge in [0.2, 0.25) is 0 Å². The lowest BCUT2D eigenvalue weighted by Crippen LogP contribution is -2.09. The Labute approximate surface area is 579 Å². The van der Waals surface area contributed by atoms with Gasteiger partial charge in [-0.2, -0.15) is 0 Å². The van der Waals surface area contributed by atoms with E-state index in [9.17, 15) is 19.5 Å². The number of hydrogen-bond donors (Lipinski definition) is 1. The molecule has 0 aliphatic carbocycles. The van der Waals surface area contributed by atoms with Gasteiger partial charge in [-0.25, -0.2) is 29.3 Å². The van der Waals surface area contributed by atoms with Crippen LogP contribution in [0, 0.1) is 0 Å². The second kappa shape index (κ2) is 33.4. The third-order valence-electron chi connectivity index (χ3n) is 14.6. The molecule has 17 heteroatoms. The van der Waals surface area contributed by atoms with E-state index in [0.717, 1.165) is 68.5 Å². The van der Waals surface area contributed by atoms with Gasteiger partial charge in [0.15, 0.2) is 22.8 Å². The van der Waals surface area contributed by atoms with Crippen LogP contribution < -0.4 is 23.7 Å². The lowest BCUT2D eigenvalue weighted by molar-refractivity contribution is 0.0457. The number of halogens is 3. The molecule has 0 aliphatic rings. The molecule has 0 fully saturated rings. The van der Waals surface area contributed by atoms with Crippen molar-refractivity contribution in [1.82, 2.24) is 15.0 Å². The van der Waals surface area contributed by atoms with E-state index in [1.54, 1.807) is 12.1 Å². The van der Waals surface area contributed by atoms with Gasteiger partial charge >= 0.3 is 17.9 Å². The monoisotopic (exact) mass is 1460 g/mol. The van der Waals surface area contributed by atoms with Crippen molar-refractivity contribution in [2.45, 2.75) is 46.2 Å². The third kappa shape index (κ3) is 18.4. The van der Waals surface area contributed by atoms with Crippen LogP contribution in [0.25, 0.3) is 32.7 Å². The highest BCUT2D eigenvalue weighted by atomic mass is 79.9. The molecular formula is C79H60Br3N3O11. The van der Waals surface area contributed by atoms with Crippen molar-refractivity contribution in [2.75, 3.05) is 0 Å². The zero-order valence-electron chi connectivity index (χ0n) is 51.4. The van der Waals surface area contributed by atoms with E-state index in [0.29, 0.717) is 78.3 Å². The number of carbonyl (C=O) groups excluding carboxylic acids is 2. The van der Waals surface area contributed by atoms with Crippen molar-refractivity contribution in [3.63, 3.8) is 0 Å². The molecule has 96 heavy (non-hydrogen) atoms. The van der Waals surface area contributed by atoms with Crippen molar-refractivity contribution >= 4 is 98.4 Å². The van der Waals surface area contributed by atoms with Crippen molar-refractivity contribution in [1.29, 1.82) is 0 Å². The second-order valence-electron chi connectivity index (χ2n) is 21.5. The van der Waals surface area contributed by atoms with Gasteiger partial charge in [-0.3, -0.25) is 0 Å². The maximum absolute atomic E-state index is 13.1. The standard InChI is InChI=1S/2C31H24BrNO4.C17H12BrNO3/c32-25-16-26-28(35-19-22-10-4-1-5-11-22)18-27(31(34)37-21-24-14-8-3-9-15-24)33-30(26)29(17-25)36-20-23-12-6-2-7-13-23;32-26-17-16-25-28(35-19-22-10-4-1-5-11-22)18-27(31(34)37-21-24-14-8-3-9-15-24)33-29(25)30(26)36-20-23-12-6-2-7-13-23;18-13-8-4-7-12-15(9-14(17(20)21)19-16(12)13)22-10-11-5-2-1-3-6-11/h2*1-18H,19-21H2;1-9H,10H2,(H,20,21). The lowest BCUT2D eigenvalue weighted by Gasteiger charge is -2.15. The predicted molar refractivity (Wildman–Crippen MR) is 380 cm³/mol. The molecule has 13 rings (SSSR count). The number of benzene rings is 10. The first kappa shape index (κ1) is 66.7. The van der Waals surface area contributed by atoms with E-state index in [1.165, 1.54) is 6.07 Å². The van der Waals surface area contributed by atoms with Crippen LogP contribution in [0.2, 0.25) is 0 Å². The Bertz CT molecular complexity index is 4760. The molecule has 0 aliphatic heterocycles. The largest absolute Gasteiger partial charge is 0.488 e. The number of aromatic carboxylic acids is 1. The number of hydrogen-bond acceptors (Lipinski definition) is 13. The molecule has 0 amide bonds. The average molecular weight is 1470 g/mol. The number of aromatic nitrogens is 3. The molecule has 0 saturated carbocycles. The minimum atomic E-state index is -1.08. The van der Waals surface area contributed by atoms with E-state index >= 15 is 0 Å². The molecule has 14 nitrogen and oxygen atoms in total. The van der Waals surface area contributed by atoms with E-state index in [-0.39, 0.29) is 30.3 Å². The van der Waals surface area contributed by atoms with Gasteiger partial charge in [0.05, 0.1) is 9.99 Å². The fourth-order valence-corrected chi connectivity index (χ4v) is 11.1. The van der Waals surface area contributed by atoms with Gasteiger partial charge in [0.1, 0.15) is 80.3 Å². The highest BCUT2D eigenvalue weighted by molar-refractivity contribution is 9.11. The summed E-state index contributed by atoms with van der Waals surface area (Å²) < 4.78 is 44.0. The van der Waals surface area contributed by atoms with Gasteiger partial charge in [0.25, 0.3) is 0 Å². The first-order chi connectivity index (χ1) is 47.0. The number of carboxylic acid groups (broad SMARTS) is 1. The van der Waals surface area contributed by atoms with Crippen LogP contribution >= 0.6 is 47.8 Å². The van der Waals surface area contributed by atoms with Crippen molar-refractivity contribution in [2.24, 2.45) is 0 Å². The van der Waals surface area contributed by atoms with Crippen LogP contribution in [-0.4, -0.2) is 38.0 Å². The van der Waals surface area contributed by atoms with Gasteiger partial charge in [0, 0.05) is 43.3 Å². The number of rotatable bonds is 22. The Kier molecular flexibility index (Phi) is 23.2. The van der Waals surface area contributed by atoms with Crippen LogP contribution in [0.5, 0.6) is 28.7 Å². The molecule has 3 aromatic heterocycles. The average Bonchev–Trinajstić information content (AvgIpc) is 0.794. The molecule has 0 bridgehead atoms. The molecule has 0 unspecified atom stereocenters. The molecule has 478 valence electrons. The summed E-state index contributed by atoms with van der Waals surface area (Å²) >= 11 is 10.6. The summed E-state index contributed by atoms with van der Waals surface area (Å²) in [6.07, 6.45) is 0. The van der Waals surface area contributed by atoms with Gasteiger partial charge in [-0.05, 0) is 107 Å². The third-order valence-corrected chi connectivity index (χ3v) is 16.4. The number of pyridine rings is 3. The highest BCUT2D eigenvalue weighted by Gasteiger charge is 2.22. The number of para-hydroxylation sites is 1. The topological polar surface area (TPSA) is 175 Å². The second-order valence-corrected chi connectivity index (χ2v) is 24.2. The van der Waals surface area contributed by atoms with Crippen LogP contribution in [0.3, 0.4) is 0 Å². The molecule has 0 spiro atoms. The summed E-state index contributed by atoms with van der Waals surface area (Å²) in [4.78, 5) is 50.9. The van der Waals surface area contributed by atoms with E-state index in [2.05, 4.69) is 62.7 Å². The Morgan fingerprint density at radius 1 is 0.302 bits per heavy atom. The number of carbonyl (C=O) groups is 3. The Balaban J connectivity index is 0.000000151. The molecule has 3 heterocycles. The molecule has 0 atom stereocenters. The molecule has 0 saturated heterocycles. The van der Waals surface area contributed by atoms with Crippen molar-refractivity contribution in [3.05, 3.63) is 342 Å². The Morgan fingerprint density at radius 3 is 1.06 bits per heavy atom. The Morgan fingerprint density at radius 2 is 0.646 bits per heavy atom. The predicted octanol–water partition coefficient (Wildman–Crippen LogP) is 19.3. The maximum atomic E-state index is 13.1. The smallest absolute Gasteiger partial charge is 0.357 e. The van der Waals surface area contributed by atoms with Crippen LogP contribution in [-0.2, 0) is 55.7 Å². The van der Waals surface area contributed by atoms with E-state index < -0.39 is 17.9 Å². The normalized spacial score (nSPS) is 10.7. The number of nitrogens with zero attached hydrogens (tertiary/aromatic N) is 3. The summed E-state index contributed by atoms with van der Waals surface area (Å²) in [5, 5.41) is 11.5. The van der Waals surface area contributed by atoms with Crippen molar-refractivity contribution in [3.8, 4) is 28.7 Å². The maximum Gasteiger partial charge on any atom is 0.357 e. The summed E-state index contributed by atoms with van der Waals surface area (Å²) in [7, 11) is 0. The quantitative estimate of drug-likeness (QED) is 0.0635. The Hall–Kier alpha value is -10.7. The fraction of sp³-hybridized carbons (Fsp3) is 0.0886. The number of carboxylic acids is 1. The molecule has 0 radical (unpaired) electrons. The minimum absolute atomic E-state index is 0.0394. The fourth-order valence-electron chi connectivity index (χ4n) is 9.81. The summed E-state index contributed by atoms with van der Waals surface area (Å²) in [5.74, 6) is 0.467. The first-order valence-electron chi connectivity index (χ1n) is 30.3. The van der Waals surface area contributed by atoms with Crippen LogP contribution in [0.1, 0.15) is 70.4 Å². The van der Waals surface area contributed by atoms with Gasteiger partial charge < -0.3 is 38.3 Å². The molecule has 13 aromatic rings. The van der Waals surface area contributed by atoms with Crippen molar-refractivity contribution < 1.29 is 52.6 Å². The highest BCUT2D eigenvalue weighted by Crippen LogP contribution is 2.40. The zero-order chi connectivity index (χ0) is 66.4. The van der Waals surface area contributed by atoms with E-state index in [4.69, 9.17) is 33.2 Å². The summed E-state index contributed by atoms with van der Waals surface area (Å²) in [6.45, 7) is 2.05. The summed E-state index contributed by atoms with van der Waals surface area (Å²) in [6, 6.07) is 86.1. The zero-order valence-corrected chi connectivity index (χ0v) is 56.2. The number of ether oxygens (including phenoxy) is 7. The molecule has 10 aromatic carbocycles. The van der Waals surface area contributed by atoms with Crippen LogP contribution in [0.4, 0.5) is 0 Å².